The highest BCUT2D eigenvalue weighted by Gasteiger charge is 2.10. The van der Waals surface area contributed by atoms with Crippen molar-refractivity contribution in [3.8, 4) is 6.07 Å². The molecule has 96 valence electrons. The van der Waals surface area contributed by atoms with E-state index in [1.807, 2.05) is 18.2 Å². The van der Waals surface area contributed by atoms with Crippen molar-refractivity contribution >= 4 is 11.4 Å². The molecule has 0 aliphatic carbocycles. The molecule has 1 aromatic rings. The van der Waals surface area contributed by atoms with Crippen molar-refractivity contribution in [3.05, 3.63) is 23.8 Å². The highest BCUT2D eigenvalue weighted by atomic mass is 15.1. The first-order valence-electron chi connectivity index (χ1n) is 6.51. The molecular weight excluding hydrogens is 224 g/mol. The number of nitrogens with one attached hydrogen (secondary N) is 1. The molecule has 1 saturated heterocycles. The fraction of sp³-hybridized carbons (Fsp3) is 0.500. The first-order valence-corrected chi connectivity index (χ1v) is 6.51. The van der Waals surface area contributed by atoms with Gasteiger partial charge in [0.05, 0.1) is 12.5 Å². The highest BCUT2D eigenvalue weighted by Crippen LogP contribution is 2.18. The minimum absolute atomic E-state index is 0.369. The Morgan fingerprint density at radius 2 is 2.11 bits per heavy atom. The van der Waals surface area contributed by atoms with Crippen molar-refractivity contribution in [1.82, 2.24) is 4.90 Å². The molecule has 4 heteroatoms. The van der Waals surface area contributed by atoms with E-state index in [0.29, 0.717) is 12.1 Å². The Morgan fingerprint density at radius 1 is 1.33 bits per heavy atom. The fourth-order valence-corrected chi connectivity index (χ4v) is 2.32. The van der Waals surface area contributed by atoms with Crippen LogP contribution in [0.25, 0.3) is 0 Å². The first kappa shape index (κ1) is 12.7. The summed E-state index contributed by atoms with van der Waals surface area (Å²) < 4.78 is 0. The van der Waals surface area contributed by atoms with Gasteiger partial charge in [-0.3, -0.25) is 0 Å². The van der Waals surface area contributed by atoms with Gasteiger partial charge in [-0.2, -0.15) is 5.26 Å². The van der Waals surface area contributed by atoms with E-state index in [9.17, 15) is 0 Å². The molecule has 18 heavy (non-hydrogen) atoms. The first-order chi connectivity index (χ1) is 8.79. The second-order valence-electron chi connectivity index (χ2n) is 4.72. The van der Waals surface area contributed by atoms with Crippen LogP contribution in [0.3, 0.4) is 0 Å². The van der Waals surface area contributed by atoms with Gasteiger partial charge in [-0.05, 0) is 49.7 Å². The van der Waals surface area contributed by atoms with E-state index in [2.05, 4.69) is 16.3 Å². The Kier molecular flexibility index (Phi) is 4.43. The molecule has 0 radical (unpaired) electrons. The van der Waals surface area contributed by atoms with Gasteiger partial charge >= 0.3 is 0 Å². The summed E-state index contributed by atoms with van der Waals surface area (Å²) in [5, 5.41) is 12.1. The van der Waals surface area contributed by atoms with Gasteiger partial charge in [0.2, 0.25) is 0 Å². The average Bonchev–Trinajstić information content (AvgIpc) is 2.87. The van der Waals surface area contributed by atoms with Crippen molar-refractivity contribution in [2.45, 2.75) is 19.3 Å². The molecule has 1 aliphatic heterocycles. The van der Waals surface area contributed by atoms with Crippen molar-refractivity contribution in [1.29, 1.82) is 5.26 Å². The number of anilines is 2. The molecule has 1 fully saturated rings. The lowest BCUT2D eigenvalue weighted by molar-refractivity contribution is 0.352. The van der Waals surface area contributed by atoms with E-state index < -0.39 is 0 Å². The number of benzene rings is 1. The van der Waals surface area contributed by atoms with Gasteiger partial charge in [0, 0.05) is 24.5 Å². The zero-order chi connectivity index (χ0) is 12.8. The van der Waals surface area contributed by atoms with E-state index in [-0.39, 0.29) is 0 Å². The van der Waals surface area contributed by atoms with E-state index >= 15 is 0 Å². The Balaban J connectivity index is 1.85. The molecule has 0 saturated carbocycles. The number of hydrogen-bond donors (Lipinski definition) is 2. The summed E-state index contributed by atoms with van der Waals surface area (Å²) in [6, 6.07) is 7.95. The molecule has 0 unspecified atom stereocenters. The number of hydrogen-bond acceptors (Lipinski definition) is 4. The Hall–Kier alpha value is -1.73. The number of nitrogens with zero attached hydrogens (tertiary/aromatic N) is 2. The Morgan fingerprint density at radius 3 is 2.83 bits per heavy atom. The van der Waals surface area contributed by atoms with E-state index in [0.717, 1.165) is 24.3 Å². The highest BCUT2D eigenvalue weighted by molar-refractivity contribution is 5.58. The molecule has 0 bridgehead atoms. The molecule has 4 nitrogen and oxygen atoms in total. The average molecular weight is 244 g/mol. The zero-order valence-electron chi connectivity index (χ0n) is 10.7. The van der Waals surface area contributed by atoms with Crippen molar-refractivity contribution in [3.63, 3.8) is 0 Å². The minimum Gasteiger partial charge on any atom is -0.398 e. The maximum Gasteiger partial charge on any atom is 0.0670 e. The number of nitrogens with two attached hydrogens (primary N) is 1. The van der Waals surface area contributed by atoms with E-state index in [4.69, 9.17) is 11.0 Å². The molecule has 3 N–H and O–H groups in total. The quantitative estimate of drug-likeness (QED) is 0.776. The third-order valence-electron chi connectivity index (χ3n) is 3.37. The van der Waals surface area contributed by atoms with Crippen LogP contribution >= 0.6 is 0 Å². The normalized spacial score (nSPS) is 15.5. The topological polar surface area (TPSA) is 65.1 Å². The number of nitrogen functional groups attached to an aromatic ring is 1. The summed E-state index contributed by atoms with van der Waals surface area (Å²) in [6.45, 7) is 4.47. The molecule has 0 aromatic heterocycles. The van der Waals surface area contributed by atoms with Crippen LogP contribution in [0.2, 0.25) is 0 Å². The van der Waals surface area contributed by atoms with Crippen LogP contribution in [-0.4, -0.2) is 31.1 Å². The van der Waals surface area contributed by atoms with E-state index in [1.54, 1.807) is 0 Å². The third kappa shape index (κ3) is 3.38. The van der Waals surface area contributed by atoms with Gasteiger partial charge < -0.3 is 16.0 Å². The summed E-state index contributed by atoms with van der Waals surface area (Å²) >= 11 is 0. The van der Waals surface area contributed by atoms with Gasteiger partial charge in [0.25, 0.3) is 0 Å². The second-order valence-corrected chi connectivity index (χ2v) is 4.72. The van der Waals surface area contributed by atoms with Gasteiger partial charge in [0.1, 0.15) is 0 Å². The minimum atomic E-state index is 0.369. The van der Waals surface area contributed by atoms with Crippen molar-refractivity contribution < 1.29 is 0 Å². The van der Waals surface area contributed by atoms with Crippen LogP contribution in [0.1, 0.15) is 18.4 Å². The number of likely N-dealkylation sites (tertiary alicyclic amines) is 1. The summed E-state index contributed by atoms with van der Waals surface area (Å²) in [4.78, 5) is 2.47. The molecular formula is C14H20N4. The van der Waals surface area contributed by atoms with Gasteiger partial charge in [0.15, 0.2) is 0 Å². The maximum atomic E-state index is 8.72. The van der Waals surface area contributed by atoms with Crippen LogP contribution in [0.5, 0.6) is 0 Å². The predicted molar refractivity (Wildman–Crippen MR) is 74.3 cm³/mol. The lowest BCUT2D eigenvalue weighted by atomic mass is 10.1. The van der Waals surface area contributed by atoms with Crippen LogP contribution in [-0.2, 0) is 6.42 Å². The largest absolute Gasteiger partial charge is 0.398 e. The lowest BCUT2D eigenvalue weighted by Crippen LogP contribution is -2.25. The molecule has 0 atom stereocenters. The smallest absolute Gasteiger partial charge is 0.0670 e. The number of rotatable bonds is 5. The lowest BCUT2D eigenvalue weighted by Gasteiger charge is -2.15. The zero-order valence-corrected chi connectivity index (χ0v) is 10.7. The molecule has 1 aliphatic rings. The summed E-state index contributed by atoms with van der Waals surface area (Å²) in [5.41, 5.74) is 8.47. The molecule has 0 spiro atoms. The van der Waals surface area contributed by atoms with E-state index in [1.165, 1.54) is 25.9 Å². The van der Waals surface area contributed by atoms with Crippen LogP contribution in [0.4, 0.5) is 11.4 Å². The monoisotopic (exact) mass is 244 g/mol. The van der Waals surface area contributed by atoms with Gasteiger partial charge in [-0.25, -0.2) is 0 Å². The van der Waals surface area contributed by atoms with Crippen LogP contribution < -0.4 is 11.1 Å². The maximum absolute atomic E-state index is 8.72. The van der Waals surface area contributed by atoms with Gasteiger partial charge in [-0.1, -0.05) is 0 Å². The third-order valence-corrected chi connectivity index (χ3v) is 3.37. The standard InChI is InChI=1S/C14H20N4/c15-6-5-12-11-13(3-4-14(12)16)17-7-10-18-8-1-2-9-18/h3-4,11,17H,1-2,5,7-10,16H2. The Bertz CT molecular complexity index is 430. The predicted octanol–water partition coefficient (Wildman–Crippen LogP) is 1.84. The van der Waals surface area contributed by atoms with Crippen LogP contribution in [0.15, 0.2) is 18.2 Å². The van der Waals surface area contributed by atoms with Crippen LogP contribution in [0, 0.1) is 11.3 Å². The Labute approximate surface area is 108 Å². The van der Waals surface area contributed by atoms with Crippen molar-refractivity contribution in [2.24, 2.45) is 0 Å². The summed E-state index contributed by atoms with van der Waals surface area (Å²) in [5.74, 6) is 0. The molecule has 2 rings (SSSR count). The molecule has 1 aromatic carbocycles. The number of nitriles is 1. The van der Waals surface area contributed by atoms with Gasteiger partial charge in [-0.15, -0.1) is 0 Å². The second kappa shape index (κ2) is 6.27. The summed E-state index contributed by atoms with van der Waals surface area (Å²) in [6.07, 6.45) is 3.02. The summed E-state index contributed by atoms with van der Waals surface area (Å²) in [7, 11) is 0. The molecule has 1 heterocycles. The fourth-order valence-electron chi connectivity index (χ4n) is 2.32. The van der Waals surface area contributed by atoms with Crippen molar-refractivity contribution in [2.75, 3.05) is 37.2 Å². The molecule has 0 amide bonds. The SMILES string of the molecule is N#CCc1cc(NCCN2CCCC2)ccc1N.